The third kappa shape index (κ3) is 3.11. The van der Waals surface area contributed by atoms with Crippen LogP contribution in [-0.2, 0) is 9.47 Å². The van der Waals surface area contributed by atoms with Crippen LogP contribution in [0.25, 0.3) is 0 Å². The molecule has 2 unspecified atom stereocenters. The lowest BCUT2D eigenvalue weighted by Gasteiger charge is -2.10. The molecule has 2 atom stereocenters. The van der Waals surface area contributed by atoms with Crippen LogP contribution in [0.3, 0.4) is 0 Å². The monoisotopic (exact) mass is 172 g/mol. The molecule has 0 amide bonds. The fourth-order valence-electron chi connectivity index (χ4n) is 1.85. The highest BCUT2D eigenvalue weighted by Gasteiger charge is 2.24. The van der Waals surface area contributed by atoms with Crippen molar-refractivity contribution < 1.29 is 9.47 Å². The first-order chi connectivity index (χ1) is 5.86. The standard InChI is InChI=1S/C10H20O2/c1-3-11-8-9-5-6-10(7-9)12-4-2/h9-10H,3-8H2,1-2H3. The van der Waals surface area contributed by atoms with Crippen LogP contribution in [0.15, 0.2) is 0 Å². The summed E-state index contributed by atoms with van der Waals surface area (Å²) in [7, 11) is 0. The fraction of sp³-hybridized carbons (Fsp3) is 1.00. The predicted molar refractivity (Wildman–Crippen MR) is 49.2 cm³/mol. The SMILES string of the molecule is CCOCC1CCC(OCC)C1. The van der Waals surface area contributed by atoms with E-state index in [2.05, 4.69) is 13.8 Å². The summed E-state index contributed by atoms with van der Waals surface area (Å²) in [6.07, 6.45) is 4.23. The van der Waals surface area contributed by atoms with Crippen LogP contribution in [0.4, 0.5) is 0 Å². The van der Waals surface area contributed by atoms with E-state index in [0.717, 1.165) is 25.7 Å². The molecule has 1 aliphatic carbocycles. The Morgan fingerprint density at radius 3 is 2.67 bits per heavy atom. The zero-order chi connectivity index (χ0) is 8.81. The maximum atomic E-state index is 5.56. The summed E-state index contributed by atoms with van der Waals surface area (Å²) in [4.78, 5) is 0. The lowest BCUT2D eigenvalue weighted by molar-refractivity contribution is 0.0564. The van der Waals surface area contributed by atoms with Crippen LogP contribution in [0.2, 0.25) is 0 Å². The summed E-state index contributed by atoms with van der Waals surface area (Å²) in [5.41, 5.74) is 0. The number of hydrogen-bond donors (Lipinski definition) is 0. The number of ether oxygens (including phenoxy) is 2. The van der Waals surface area contributed by atoms with E-state index in [-0.39, 0.29) is 0 Å². The van der Waals surface area contributed by atoms with E-state index < -0.39 is 0 Å². The molecule has 2 nitrogen and oxygen atoms in total. The fourth-order valence-corrected chi connectivity index (χ4v) is 1.85. The van der Waals surface area contributed by atoms with Crippen LogP contribution in [-0.4, -0.2) is 25.9 Å². The molecular weight excluding hydrogens is 152 g/mol. The first-order valence-electron chi connectivity index (χ1n) is 5.06. The topological polar surface area (TPSA) is 18.5 Å². The zero-order valence-electron chi connectivity index (χ0n) is 8.21. The van der Waals surface area contributed by atoms with E-state index in [1.807, 2.05) is 0 Å². The van der Waals surface area contributed by atoms with E-state index in [1.54, 1.807) is 0 Å². The Morgan fingerprint density at radius 2 is 2.00 bits per heavy atom. The molecule has 0 aromatic heterocycles. The Labute approximate surface area is 75.2 Å². The Kier molecular flexibility index (Phi) is 4.62. The molecule has 1 fully saturated rings. The Balaban J connectivity index is 2.08. The normalized spacial score (nSPS) is 29.5. The van der Waals surface area contributed by atoms with Gasteiger partial charge in [0, 0.05) is 19.8 Å². The molecule has 0 aromatic rings. The first kappa shape index (κ1) is 10.0. The Morgan fingerprint density at radius 1 is 1.17 bits per heavy atom. The van der Waals surface area contributed by atoms with E-state index in [4.69, 9.17) is 9.47 Å². The molecule has 0 N–H and O–H groups in total. The van der Waals surface area contributed by atoms with Gasteiger partial charge in [0.2, 0.25) is 0 Å². The zero-order valence-corrected chi connectivity index (χ0v) is 8.21. The highest BCUT2D eigenvalue weighted by Crippen LogP contribution is 2.27. The lowest BCUT2D eigenvalue weighted by Crippen LogP contribution is -2.10. The lowest BCUT2D eigenvalue weighted by atomic mass is 10.1. The quantitative estimate of drug-likeness (QED) is 0.633. The minimum atomic E-state index is 0.514. The summed E-state index contributed by atoms with van der Waals surface area (Å²) >= 11 is 0. The molecule has 1 rings (SSSR count). The van der Waals surface area contributed by atoms with Crippen molar-refractivity contribution in [1.82, 2.24) is 0 Å². The van der Waals surface area contributed by atoms with Crippen LogP contribution < -0.4 is 0 Å². The van der Waals surface area contributed by atoms with Crippen LogP contribution in [0.5, 0.6) is 0 Å². The minimum absolute atomic E-state index is 0.514. The first-order valence-corrected chi connectivity index (χ1v) is 5.06. The van der Waals surface area contributed by atoms with Crippen molar-refractivity contribution in [2.75, 3.05) is 19.8 Å². The van der Waals surface area contributed by atoms with Crippen molar-refractivity contribution in [3.8, 4) is 0 Å². The third-order valence-electron chi connectivity index (χ3n) is 2.45. The van der Waals surface area contributed by atoms with Crippen molar-refractivity contribution in [2.45, 2.75) is 39.2 Å². The highest BCUT2D eigenvalue weighted by molar-refractivity contribution is 4.75. The Bertz CT molecular complexity index is 114. The van der Waals surface area contributed by atoms with Gasteiger partial charge in [-0.3, -0.25) is 0 Å². The van der Waals surface area contributed by atoms with Gasteiger partial charge in [0.25, 0.3) is 0 Å². The minimum Gasteiger partial charge on any atom is -0.381 e. The van der Waals surface area contributed by atoms with Gasteiger partial charge >= 0.3 is 0 Å². The molecule has 0 heterocycles. The molecule has 12 heavy (non-hydrogen) atoms. The summed E-state index contributed by atoms with van der Waals surface area (Å²) < 4.78 is 10.9. The van der Waals surface area contributed by atoms with Gasteiger partial charge in [0.1, 0.15) is 0 Å². The molecular formula is C10H20O2. The van der Waals surface area contributed by atoms with Gasteiger partial charge in [-0.1, -0.05) is 0 Å². The van der Waals surface area contributed by atoms with Crippen molar-refractivity contribution in [3.05, 3.63) is 0 Å². The molecule has 0 radical (unpaired) electrons. The van der Waals surface area contributed by atoms with Crippen molar-refractivity contribution in [1.29, 1.82) is 0 Å². The molecule has 0 saturated heterocycles. The molecule has 0 aliphatic heterocycles. The Hall–Kier alpha value is -0.0800. The molecule has 0 aromatic carbocycles. The molecule has 2 heteroatoms. The maximum absolute atomic E-state index is 5.56. The van der Waals surface area contributed by atoms with Gasteiger partial charge in [-0.05, 0) is 39.0 Å². The van der Waals surface area contributed by atoms with E-state index in [9.17, 15) is 0 Å². The molecule has 72 valence electrons. The predicted octanol–water partition coefficient (Wildman–Crippen LogP) is 2.23. The second-order valence-corrected chi connectivity index (χ2v) is 3.42. The smallest absolute Gasteiger partial charge is 0.0578 e. The third-order valence-corrected chi connectivity index (χ3v) is 2.45. The average molecular weight is 172 g/mol. The van der Waals surface area contributed by atoms with Crippen LogP contribution >= 0.6 is 0 Å². The molecule has 1 aliphatic rings. The van der Waals surface area contributed by atoms with E-state index in [0.29, 0.717) is 6.10 Å². The van der Waals surface area contributed by atoms with Crippen LogP contribution in [0, 0.1) is 5.92 Å². The second-order valence-electron chi connectivity index (χ2n) is 3.42. The van der Waals surface area contributed by atoms with E-state index >= 15 is 0 Å². The summed E-state index contributed by atoms with van der Waals surface area (Å²) in [6, 6.07) is 0. The van der Waals surface area contributed by atoms with Gasteiger partial charge in [-0.15, -0.1) is 0 Å². The van der Waals surface area contributed by atoms with Crippen molar-refractivity contribution in [3.63, 3.8) is 0 Å². The van der Waals surface area contributed by atoms with Crippen LogP contribution in [0.1, 0.15) is 33.1 Å². The van der Waals surface area contributed by atoms with Gasteiger partial charge in [0.05, 0.1) is 6.10 Å². The highest BCUT2D eigenvalue weighted by atomic mass is 16.5. The largest absolute Gasteiger partial charge is 0.381 e. The molecule has 0 bridgehead atoms. The van der Waals surface area contributed by atoms with Gasteiger partial charge in [0.15, 0.2) is 0 Å². The second kappa shape index (κ2) is 5.55. The average Bonchev–Trinajstić information content (AvgIpc) is 2.50. The van der Waals surface area contributed by atoms with Crippen molar-refractivity contribution in [2.24, 2.45) is 5.92 Å². The van der Waals surface area contributed by atoms with Gasteiger partial charge in [-0.2, -0.15) is 0 Å². The molecule has 0 spiro atoms. The van der Waals surface area contributed by atoms with E-state index in [1.165, 1.54) is 19.3 Å². The number of rotatable bonds is 5. The molecule has 1 saturated carbocycles. The summed E-state index contributed by atoms with van der Waals surface area (Å²) in [5.74, 6) is 0.751. The number of hydrogen-bond acceptors (Lipinski definition) is 2. The summed E-state index contributed by atoms with van der Waals surface area (Å²) in [6.45, 7) is 6.74. The van der Waals surface area contributed by atoms with Gasteiger partial charge < -0.3 is 9.47 Å². The van der Waals surface area contributed by atoms with Gasteiger partial charge in [-0.25, -0.2) is 0 Å². The summed E-state index contributed by atoms with van der Waals surface area (Å²) in [5, 5.41) is 0. The van der Waals surface area contributed by atoms with Crippen molar-refractivity contribution >= 4 is 0 Å². The maximum Gasteiger partial charge on any atom is 0.0578 e.